The topological polar surface area (TPSA) is 125 Å². The Morgan fingerprint density at radius 1 is 0.659 bits per heavy atom. The number of aromatic hydroxyl groups is 2. The van der Waals surface area contributed by atoms with E-state index in [1.54, 1.807) is 24.3 Å². The van der Waals surface area contributed by atoms with E-state index in [0.29, 0.717) is 46.9 Å². The molecule has 0 saturated heterocycles. The van der Waals surface area contributed by atoms with Gasteiger partial charge in [0.15, 0.2) is 5.82 Å². The highest BCUT2D eigenvalue weighted by atomic mass is 16.5. The molecule has 0 spiro atoms. The molecular formula is C33H38N2O6. The molecule has 216 valence electrons. The summed E-state index contributed by atoms with van der Waals surface area (Å²) in [5, 5.41) is 41.5. The van der Waals surface area contributed by atoms with Gasteiger partial charge >= 0.3 is 0 Å². The van der Waals surface area contributed by atoms with E-state index in [9.17, 15) is 20.4 Å². The van der Waals surface area contributed by atoms with E-state index < -0.39 is 12.2 Å². The van der Waals surface area contributed by atoms with Crippen LogP contribution in [0.4, 0.5) is 0 Å². The lowest BCUT2D eigenvalue weighted by atomic mass is 9.96. The minimum atomic E-state index is -0.596. The highest BCUT2D eigenvalue weighted by Gasteiger charge is 2.18. The predicted molar refractivity (Wildman–Crippen MR) is 159 cm³/mol. The number of benzene rings is 3. The van der Waals surface area contributed by atoms with Gasteiger partial charge in [0.05, 0.1) is 29.2 Å². The van der Waals surface area contributed by atoms with E-state index in [-0.39, 0.29) is 30.5 Å². The zero-order chi connectivity index (χ0) is 29.7. The molecule has 8 nitrogen and oxygen atoms in total. The number of nitrogens with zero attached hydrogens (tertiary/aromatic N) is 2. The van der Waals surface area contributed by atoms with Crippen LogP contribution in [0.15, 0.2) is 54.6 Å². The van der Waals surface area contributed by atoms with Crippen molar-refractivity contribution in [2.24, 2.45) is 0 Å². The molecule has 0 saturated carbocycles. The lowest BCUT2D eigenvalue weighted by Gasteiger charge is -2.16. The van der Waals surface area contributed by atoms with Crippen LogP contribution in [0.5, 0.6) is 23.0 Å². The maximum atomic E-state index is 11.0. The van der Waals surface area contributed by atoms with E-state index >= 15 is 0 Å². The minimum Gasteiger partial charge on any atom is -0.507 e. The number of aliphatic hydroxyl groups is 2. The summed E-state index contributed by atoms with van der Waals surface area (Å²) in [4.78, 5) is 9.59. The highest BCUT2D eigenvalue weighted by molar-refractivity contribution is 5.78. The van der Waals surface area contributed by atoms with Crippen molar-refractivity contribution >= 4 is 0 Å². The molecule has 8 heteroatoms. The highest BCUT2D eigenvalue weighted by Crippen LogP contribution is 2.38. The Bertz CT molecular complexity index is 1420. The number of phenols is 2. The standard InChI is InChI=1S/C33H38N2O6/c1-6-22(36)17-40-24-8-10-26(30(38)14-24)28-16-29(32-20(4)12-19(3)13-21(32)5)35-33(34-28)27-11-9-25(15-31(27)39)41-18-23(37)7-2/h8-16,22-23,36-39H,6-7,17-18H2,1-5H3. The molecule has 3 aromatic carbocycles. The maximum absolute atomic E-state index is 11.0. The van der Waals surface area contributed by atoms with Gasteiger partial charge in [-0.2, -0.15) is 0 Å². The molecule has 2 atom stereocenters. The number of aromatic nitrogens is 2. The van der Waals surface area contributed by atoms with Crippen LogP contribution < -0.4 is 9.47 Å². The summed E-state index contributed by atoms with van der Waals surface area (Å²) in [5.74, 6) is 1.02. The fraction of sp³-hybridized carbons (Fsp3) is 0.333. The smallest absolute Gasteiger partial charge is 0.164 e. The normalized spacial score (nSPS) is 12.7. The summed E-state index contributed by atoms with van der Waals surface area (Å²) in [6, 6.07) is 15.8. The molecular weight excluding hydrogens is 520 g/mol. The molecule has 0 amide bonds. The molecule has 0 fully saturated rings. The van der Waals surface area contributed by atoms with Crippen molar-refractivity contribution in [3.05, 3.63) is 71.3 Å². The Kier molecular flexibility index (Phi) is 9.47. The Morgan fingerprint density at radius 3 is 1.63 bits per heavy atom. The Labute approximate surface area is 240 Å². The van der Waals surface area contributed by atoms with E-state index in [1.807, 2.05) is 40.7 Å². The van der Waals surface area contributed by atoms with Gasteiger partial charge < -0.3 is 29.9 Å². The second kappa shape index (κ2) is 13.0. The van der Waals surface area contributed by atoms with E-state index in [2.05, 4.69) is 12.1 Å². The van der Waals surface area contributed by atoms with Gasteiger partial charge in [-0.3, -0.25) is 0 Å². The Morgan fingerprint density at radius 2 is 1.15 bits per heavy atom. The third-order valence-corrected chi connectivity index (χ3v) is 6.94. The summed E-state index contributed by atoms with van der Waals surface area (Å²) < 4.78 is 11.2. The third-order valence-electron chi connectivity index (χ3n) is 6.94. The van der Waals surface area contributed by atoms with Gasteiger partial charge in [-0.1, -0.05) is 31.5 Å². The fourth-order valence-corrected chi connectivity index (χ4v) is 4.65. The first-order valence-electron chi connectivity index (χ1n) is 13.8. The molecule has 4 aromatic rings. The monoisotopic (exact) mass is 558 g/mol. The van der Waals surface area contributed by atoms with Crippen LogP contribution in [0.25, 0.3) is 33.9 Å². The molecule has 4 rings (SSSR count). The van der Waals surface area contributed by atoms with Gasteiger partial charge in [-0.05, 0) is 75.1 Å². The second-order valence-electron chi connectivity index (χ2n) is 10.3. The van der Waals surface area contributed by atoms with E-state index in [1.165, 1.54) is 12.1 Å². The quantitative estimate of drug-likeness (QED) is 0.174. The van der Waals surface area contributed by atoms with Crippen molar-refractivity contribution in [2.45, 2.75) is 59.7 Å². The molecule has 4 N–H and O–H groups in total. The lowest BCUT2D eigenvalue weighted by Crippen LogP contribution is -2.15. The zero-order valence-electron chi connectivity index (χ0n) is 24.2. The van der Waals surface area contributed by atoms with Crippen molar-refractivity contribution in [2.75, 3.05) is 13.2 Å². The summed E-state index contributed by atoms with van der Waals surface area (Å²) in [6.07, 6.45) is -0.0615. The van der Waals surface area contributed by atoms with Crippen LogP contribution in [0.2, 0.25) is 0 Å². The average Bonchev–Trinajstić information content (AvgIpc) is 2.94. The van der Waals surface area contributed by atoms with Gasteiger partial charge in [0, 0.05) is 23.3 Å². The van der Waals surface area contributed by atoms with E-state index in [4.69, 9.17) is 19.4 Å². The molecule has 2 unspecified atom stereocenters. The molecule has 41 heavy (non-hydrogen) atoms. The predicted octanol–water partition coefficient (Wildman–Crippen LogP) is 6.11. The molecule has 0 radical (unpaired) electrons. The van der Waals surface area contributed by atoms with Crippen molar-refractivity contribution in [1.82, 2.24) is 9.97 Å². The minimum absolute atomic E-state index is 0.0381. The van der Waals surface area contributed by atoms with Gasteiger partial charge in [0.2, 0.25) is 0 Å². The van der Waals surface area contributed by atoms with Gasteiger partial charge in [0.1, 0.15) is 36.2 Å². The lowest BCUT2D eigenvalue weighted by molar-refractivity contribution is 0.104. The molecule has 0 aliphatic rings. The number of hydrogen-bond donors (Lipinski definition) is 4. The van der Waals surface area contributed by atoms with Crippen LogP contribution >= 0.6 is 0 Å². The first-order valence-corrected chi connectivity index (χ1v) is 13.8. The van der Waals surface area contributed by atoms with Crippen molar-refractivity contribution in [3.63, 3.8) is 0 Å². The van der Waals surface area contributed by atoms with Crippen molar-refractivity contribution < 1.29 is 29.9 Å². The summed E-state index contributed by atoms with van der Waals surface area (Å²) >= 11 is 0. The number of aliphatic hydroxyl groups excluding tert-OH is 2. The fourth-order valence-electron chi connectivity index (χ4n) is 4.65. The SMILES string of the molecule is CCC(O)COc1ccc(-c2cc(-c3c(C)cc(C)cc3C)nc(-c3ccc(OCC(O)CC)cc3O)n2)c(O)c1. The van der Waals surface area contributed by atoms with Gasteiger partial charge in [0.25, 0.3) is 0 Å². The number of phenolic OH excluding ortho intramolecular Hbond substituents is 2. The number of hydrogen-bond acceptors (Lipinski definition) is 8. The summed E-state index contributed by atoms with van der Waals surface area (Å²) in [7, 11) is 0. The van der Waals surface area contributed by atoms with E-state index in [0.717, 1.165) is 22.3 Å². The number of aryl methyl sites for hydroxylation is 3. The van der Waals surface area contributed by atoms with Crippen LogP contribution in [0.1, 0.15) is 43.4 Å². The molecule has 1 aromatic heterocycles. The molecule has 0 aliphatic heterocycles. The third kappa shape index (κ3) is 7.14. The first-order chi connectivity index (χ1) is 19.6. The zero-order valence-corrected chi connectivity index (χ0v) is 24.2. The van der Waals surface area contributed by atoms with Gasteiger partial charge in [-0.15, -0.1) is 0 Å². The average molecular weight is 559 g/mol. The summed E-state index contributed by atoms with van der Waals surface area (Å²) in [5.41, 5.74) is 6.15. The first kappa shape index (κ1) is 29.8. The number of ether oxygens (including phenoxy) is 2. The van der Waals surface area contributed by atoms with Crippen LogP contribution in [0, 0.1) is 20.8 Å². The molecule has 0 aliphatic carbocycles. The number of rotatable bonds is 11. The van der Waals surface area contributed by atoms with Crippen LogP contribution in [-0.4, -0.2) is 55.8 Å². The van der Waals surface area contributed by atoms with Crippen molar-refractivity contribution in [1.29, 1.82) is 0 Å². The van der Waals surface area contributed by atoms with Crippen molar-refractivity contribution in [3.8, 4) is 56.9 Å². The molecule has 1 heterocycles. The summed E-state index contributed by atoms with van der Waals surface area (Å²) in [6.45, 7) is 10.1. The second-order valence-corrected chi connectivity index (χ2v) is 10.3. The van der Waals surface area contributed by atoms with Gasteiger partial charge in [-0.25, -0.2) is 9.97 Å². The molecule has 0 bridgehead atoms. The maximum Gasteiger partial charge on any atom is 0.164 e. The Hall–Kier alpha value is -4.14. The van der Waals surface area contributed by atoms with Crippen LogP contribution in [-0.2, 0) is 0 Å². The Balaban J connectivity index is 1.80. The van der Waals surface area contributed by atoms with Crippen LogP contribution in [0.3, 0.4) is 0 Å². The largest absolute Gasteiger partial charge is 0.507 e.